The quantitative estimate of drug-likeness (QED) is 0.900. The van der Waals surface area contributed by atoms with Crippen LogP contribution in [0.1, 0.15) is 17.2 Å². The summed E-state index contributed by atoms with van der Waals surface area (Å²) in [6.07, 6.45) is 0.883. The van der Waals surface area contributed by atoms with Gasteiger partial charge >= 0.3 is 0 Å². The molecule has 0 fully saturated rings. The van der Waals surface area contributed by atoms with Crippen molar-refractivity contribution in [3.05, 3.63) is 63.9 Å². The molecule has 4 heteroatoms. The lowest BCUT2D eigenvalue weighted by Crippen LogP contribution is -2.34. The van der Waals surface area contributed by atoms with Gasteiger partial charge in [-0.3, -0.25) is 0 Å². The van der Waals surface area contributed by atoms with E-state index in [4.69, 9.17) is 4.74 Å². The zero-order chi connectivity index (χ0) is 14.8. The second kappa shape index (κ2) is 6.16. The second-order valence-corrected chi connectivity index (χ2v) is 6.23. The van der Waals surface area contributed by atoms with Gasteiger partial charge in [0.1, 0.15) is 11.6 Å². The van der Waals surface area contributed by atoms with E-state index >= 15 is 0 Å². The molecule has 0 saturated heterocycles. The first-order chi connectivity index (χ1) is 10.2. The molecular formula is C17H17BrFNO. The van der Waals surface area contributed by atoms with E-state index in [1.165, 1.54) is 11.6 Å². The lowest BCUT2D eigenvalue weighted by Gasteiger charge is -2.32. The number of para-hydroxylation sites is 1. The summed E-state index contributed by atoms with van der Waals surface area (Å²) >= 11 is 3.42. The average Bonchev–Trinajstić information content (AvgIpc) is 2.51. The summed E-state index contributed by atoms with van der Waals surface area (Å²) in [4.78, 5) is 0. The zero-order valence-corrected chi connectivity index (χ0v) is 13.4. The van der Waals surface area contributed by atoms with Gasteiger partial charge in [0.05, 0.1) is 6.61 Å². The Morgan fingerprint density at radius 2 is 2.10 bits per heavy atom. The van der Waals surface area contributed by atoms with Crippen LogP contribution in [0.5, 0.6) is 5.75 Å². The van der Waals surface area contributed by atoms with Crippen molar-refractivity contribution < 1.29 is 9.13 Å². The number of nitrogens with one attached hydrogen (secondary N) is 1. The summed E-state index contributed by atoms with van der Waals surface area (Å²) in [6, 6.07) is 13.0. The van der Waals surface area contributed by atoms with Crippen molar-refractivity contribution in [3.8, 4) is 5.75 Å². The molecule has 1 N–H and O–H groups in total. The molecule has 0 aromatic heterocycles. The van der Waals surface area contributed by atoms with E-state index < -0.39 is 0 Å². The molecule has 0 aliphatic carbocycles. The number of halogens is 2. The Labute approximate surface area is 132 Å². The Hall–Kier alpha value is -1.39. The van der Waals surface area contributed by atoms with Gasteiger partial charge in [0.25, 0.3) is 0 Å². The minimum absolute atomic E-state index is 0.0733. The van der Waals surface area contributed by atoms with E-state index in [1.807, 2.05) is 31.3 Å². The molecule has 0 amide bonds. The predicted octanol–water partition coefficient (Wildman–Crippen LogP) is 4.10. The molecule has 2 nitrogen and oxygen atoms in total. The fraction of sp³-hybridized carbons (Fsp3) is 0.294. The molecular weight excluding hydrogens is 333 g/mol. The normalized spacial score (nSPS) is 18.7. The zero-order valence-electron chi connectivity index (χ0n) is 11.8. The number of rotatable bonds is 3. The lowest BCUT2D eigenvalue weighted by molar-refractivity contribution is 0.186. The molecule has 0 radical (unpaired) electrons. The van der Waals surface area contributed by atoms with Gasteiger partial charge in [0.15, 0.2) is 0 Å². The highest BCUT2D eigenvalue weighted by molar-refractivity contribution is 9.10. The van der Waals surface area contributed by atoms with Crippen molar-refractivity contribution in [2.75, 3.05) is 13.7 Å². The Bertz CT molecular complexity index is 646. The Kier molecular flexibility index (Phi) is 4.27. The number of benzene rings is 2. The van der Waals surface area contributed by atoms with E-state index in [1.54, 1.807) is 6.07 Å². The minimum Gasteiger partial charge on any atom is -0.493 e. The maximum absolute atomic E-state index is 14.2. The Balaban J connectivity index is 1.90. The number of fused-ring (bicyclic) bond motifs is 1. The van der Waals surface area contributed by atoms with Crippen molar-refractivity contribution in [2.45, 2.75) is 12.5 Å². The summed E-state index contributed by atoms with van der Waals surface area (Å²) < 4.78 is 20.9. The van der Waals surface area contributed by atoms with Crippen LogP contribution in [-0.2, 0) is 6.42 Å². The third-order valence-electron chi connectivity index (χ3n) is 3.98. The Morgan fingerprint density at radius 3 is 2.90 bits per heavy atom. The van der Waals surface area contributed by atoms with Crippen LogP contribution < -0.4 is 10.1 Å². The van der Waals surface area contributed by atoms with Crippen molar-refractivity contribution in [1.29, 1.82) is 0 Å². The van der Waals surface area contributed by atoms with Crippen LogP contribution in [-0.4, -0.2) is 13.7 Å². The SMILES string of the molecule is CNC(c1cc(Br)ccc1F)C1COc2ccccc2C1. The summed E-state index contributed by atoms with van der Waals surface area (Å²) in [7, 11) is 1.87. The maximum atomic E-state index is 14.2. The molecule has 1 aliphatic rings. The molecule has 21 heavy (non-hydrogen) atoms. The maximum Gasteiger partial charge on any atom is 0.128 e. The second-order valence-electron chi connectivity index (χ2n) is 5.32. The van der Waals surface area contributed by atoms with E-state index in [9.17, 15) is 4.39 Å². The number of hydrogen-bond donors (Lipinski definition) is 1. The number of hydrogen-bond acceptors (Lipinski definition) is 2. The van der Waals surface area contributed by atoms with Crippen LogP contribution in [0.25, 0.3) is 0 Å². The van der Waals surface area contributed by atoms with E-state index in [2.05, 4.69) is 27.3 Å². The van der Waals surface area contributed by atoms with Gasteiger partial charge in [-0.1, -0.05) is 34.1 Å². The molecule has 2 aromatic rings. The molecule has 2 atom stereocenters. The molecule has 0 bridgehead atoms. The summed E-state index contributed by atoms with van der Waals surface area (Å²) in [5.41, 5.74) is 1.87. The third-order valence-corrected chi connectivity index (χ3v) is 4.48. The predicted molar refractivity (Wildman–Crippen MR) is 85.0 cm³/mol. The van der Waals surface area contributed by atoms with Gasteiger partial charge < -0.3 is 10.1 Å². The molecule has 1 aliphatic heterocycles. The molecule has 0 saturated carbocycles. The summed E-state index contributed by atoms with van der Waals surface area (Å²) in [5, 5.41) is 3.25. The Morgan fingerprint density at radius 1 is 1.29 bits per heavy atom. The number of ether oxygens (including phenoxy) is 1. The van der Waals surface area contributed by atoms with Gasteiger partial charge in [-0.05, 0) is 43.3 Å². The fourth-order valence-corrected chi connectivity index (χ4v) is 3.34. The van der Waals surface area contributed by atoms with E-state index in [-0.39, 0.29) is 17.8 Å². The van der Waals surface area contributed by atoms with Gasteiger partial charge in [0.2, 0.25) is 0 Å². The minimum atomic E-state index is -0.184. The molecule has 2 aromatic carbocycles. The van der Waals surface area contributed by atoms with Crippen molar-refractivity contribution in [2.24, 2.45) is 5.92 Å². The highest BCUT2D eigenvalue weighted by atomic mass is 79.9. The molecule has 110 valence electrons. The van der Waals surface area contributed by atoms with Crippen LogP contribution in [0.15, 0.2) is 46.9 Å². The first-order valence-corrected chi connectivity index (χ1v) is 7.81. The fourth-order valence-electron chi connectivity index (χ4n) is 2.96. The summed E-state index contributed by atoms with van der Waals surface area (Å²) in [5.74, 6) is 0.962. The molecule has 0 spiro atoms. The van der Waals surface area contributed by atoms with Crippen LogP contribution in [0.2, 0.25) is 0 Å². The highest BCUT2D eigenvalue weighted by Crippen LogP contribution is 2.35. The average molecular weight is 350 g/mol. The van der Waals surface area contributed by atoms with Crippen LogP contribution in [0.3, 0.4) is 0 Å². The van der Waals surface area contributed by atoms with Gasteiger partial charge in [0, 0.05) is 22.0 Å². The van der Waals surface area contributed by atoms with E-state index in [0.717, 1.165) is 16.6 Å². The van der Waals surface area contributed by atoms with Crippen LogP contribution in [0, 0.1) is 11.7 Å². The largest absolute Gasteiger partial charge is 0.493 e. The molecule has 3 rings (SSSR count). The standard InChI is InChI=1S/C17H17BrFNO/c1-20-17(14-9-13(18)6-7-15(14)19)12-8-11-4-2-3-5-16(11)21-10-12/h2-7,9,12,17,20H,8,10H2,1H3. The van der Waals surface area contributed by atoms with Crippen LogP contribution in [0.4, 0.5) is 4.39 Å². The smallest absolute Gasteiger partial charge is 0.128 e. The first kappa shape index (κ1) is 14.5. The van der Waals surface area contributed by atoms with Gasteiger partial charge in [-0.2, -0.15) is 0 Å². The topological polar surface area (TPSA) is 21.3 Å². The monoisotopic (exact) mass is 349 g/mol. The first-order valence-electron chi connectivity index (χ1n) is 7.02. The lowest BCUT2D eigenvalue weighted by atomic mass is 9.86. The summed E-state index contributed by atoms with van der Waals surface area (Å²) in [6.45, 7) is 0.592. The van der Waals surface area contributed by atoms with Gasteiger partial charge in [-0.25, -0.2) is 4.39 Å². The highest BCUT2D eigenvalue weighted by Gasteiger charge is 2.29. The van der Waals surface area contributed by atoms with Crippen molar-refractivity contribution in [3.63, 3.8) is 0 Å². The third kappa shape index (κ3) is 2.97. The van der Waals surface area contributed by atoms with Gasteiger partial charge in [-0.15, -0.1) is 0 Å². The molecule has 2 unspecified atom stereocenters. The van der Waals surface area contributed by atoms with Crippen molar-refractivity contribution in [1.82, 2.24) is 5.32 Å². The molecule has 1 heterocycles. The van der Waals surface area contributed by atoms with Crippen LogP contribution >= 0.6 is 15.9 Å². The van der Waals surface area contributed by atoms with Crippen molar-refractivity contribution >= 4 is 15.9 Å². The van der Waals surface area contributed by atoms with E-state index in [0.29, 0.717) is 12.2 Å².